The number of ether oxygens (including phenoxy) is 2. The lowest BCUT2D eigenvalue weighted by atomic mass is 10.2. The van der Waals surface area contributed by atoms with E-state index in [1.54, 1.807) is 37.3 Å². The van der Waals surface area contributed by atoms with Gasteiger partial charge in [-0.25, -0.2) is 17.6 Å². The summed E-state index contributed by atoms with van der Waals surface area (Å²) in [6, 6.07) is 11.9. The van der Waals surface area contributed by atoms with Gasteiger partial charge in [0.2, 0.25) is 0 Å². The van der Waals surface area contributed by atoms with Crippen LogP contribution in [-0.2, 0) is 26.0 Å². The lowest BCUT2D eigenvalue weighted by molar-refractivity contribution is -0.141. The summed E-state index contributed by atoms with van der Waals surface area (Å²) in [7, 11) is -3.15. The summed E-state index contributed by atoms with van der Waals surface area (Å²) >= 11 is 0. The lowest BCUT2D eigenvalue weighted by Crippen LogP contribution is -2.46. The van der Waals surface area contributed by atoms with E-state index in [2.05, 4.69) is 0 Å². The molecule has 3 rings (SSSR count). The molecule has 1 aliphatic rings. The monoisotopic (exact) mass is 463 g/mol. The van der Waals surface area contributed by atoms with Crippen molar-refractivity contribution in [3.05, 3.63) is 65.5 Å². The van der Waals surface area contributed by atoms with Crippen molar-refractivity contribution < 1.29 is 31.9 Å². The average Bonchev–Trinajstić information content (AvgIpc) is 3.13. The van der Waals surface area contributed by atoms with E-state index in [4.69, 9.17) is 9.47 Å². The smallest absolute Gasteiger partial charge is 0.342 e. The lowest BCUT2D eigenvalue weighted by Gasteiger charge is -2.29. The van der Waals surface area contributed by atoms with Crippen molar-refractivity contribution >= 4 is 21.7 Å². The number of hydrogen-bond donors (Lipinski definition) is 0. The number of carbonyl (C=O) groups is 2. The molecule has 172 valence electrons. The number of benzene rings is 2. The Bertz CT molecular complexity index is 1070. The fraction of sp³-hybridized carbons (Fsp3) is 0.391. The molecule has 2 atom stereocenters. The molecule has 1 fully saturated rings. The van der Waals surface area contributed by atoms with Crippen molar-refractivity contribution in [2.45, 2.75) is 39.0 Å². The number of rotatable bonds is 8. The predicted octanol–water partition coefficient (Wildman–Crippen LogP) is 2.99. The van der Waals surface area contributed by atoms with E-state index in [0.29, 0.717) is 13.0 Å². The molecule has 2 aromatic rings. The van der Waals surface area contributed by atoms with Crippen LogP contribution in [-0.4, -0.2) is 55.4 Å². The van der Waals surface area contributed by atoms with Crippen molar-refractivity contribution in [3.8, 4) is 5.75 Å². The second-order valence-electron chi connectivity index (χ2n) is 7.64. The van der Waals surface area contributed by atoms with Gasteiger partial charge in [0.1, 0.15) is 23.7 Å². The van der Waals surface area contributed by atoms with Crippen LogP contribution in [0.15, 0.2) is 48.5 Å². The molecule has 0 bridgehead atoms. The van der Waals surface area contributed by atoms with Crippen LogP contribution in [0.5, 0.6) is 5.75 Å². The molecule has 9 heteroatoms. The standard InChI is InChI=1S/C23H26FNO6S/c1-3-25(19-12-13-32(28,29)15-19)22(26)16(2)31-23(27)20-6-4-5-7-21(20)30-14-17-8-10-18(24)11-9-17/h4-11,16,19H,3,12-15H2,1-2H3. The van der Waals surface area contributed by atoms with Gasteiger partial charge in [0.05, 0.1) is 11.5 Å². The Morgan fingerprint density at radius 3 is 2.47 bits per heavy atom. The van der Waals surface area contributed by atoms with Crippen LogP contribution < -0.4 is 4.74 Å². The highest BCUT2D eigenvalue weighted by Gasteiger charge is 2.36. The highest BCUT2D eigenvalue weighted by Crippen LogP contribution is 2.23. The van der Waals surface area contributed by atoms with Crippen LogP contribution in [0.3, 0.4) is 0 Å². The van der Waals surface area contributed by atoms with Gasteiger partial charge in [-0.3, -0.25) is 4.79 Å². The molecular weight excluding hydrogens is 437 g/mol. The molecule has 32 heavy (non-hydrogen) atoms. The fourth-order valence-corrected chi connectivity index (χ4v) is 5.36. The Labute approximate surface area is 187 Å². The number of sulfone groups is 1. The van der Waals surface area contributed by atoms with Crippen molar-refractivity contribution in [2.24, 2.45) is 0 Å². The van der Waals surface area contributed by atoms with Gasteiger partial charge in [0, 0.05) is 12.6 Å². The molecule has 0 saturated carbocycles. The summed E-state index contributed by atoms with van der Waals surface area (Å²) in [5.74, 6) is -1.27. The van der Waals surface area contributed by atoms with Gasteiger partial charge < -0.3 is 14.4 Å². The second-order valence-corrected chi connectivity index (χ2v) is 9.87. The minimum Gasteiger partial charge on any atom is -0.488 e. The van der Waals surface area contributed by atoms with Crippen LogP contribution in [0.4, 0.5) is 4.39 Å². The van der Waals surface area contributed by atoms with Gasteiger partial charge >= 0.3 is 5.97 Å². The summed E-state index contributed by atoms with van der Waals surface area (Å²) in [5.41, 5.74) is 0.879. The molecule has 0 aromatic heterocycles. The van der Waals surface area contributed by atoms with Gasteiger partial charge in [-0.1, -0.05) is 24.3 Å². The zero-order valence-electron chi connectivity index (χ0n) is 18.0. The normalized spacial score (nSPS) is 18.0. The maximum atomic E-state index is 13.1. The SMILES string of the molecule is CCN(C(=O)C(C)OC(=O)c1ccccc1OCc1ccc(F)cc1)C1CCS(=O)(=O)C1. The van der Waals surface area contributed by atoms with E-state index in [1.807, 2.05) is 0 Å². The summed E-state index contributed by atoms with van der Waals surface area (Å²) < 4.78 is 47.7. The molecule has 0 spiro atoms. The summed E-state index contributed by atoms with van der Waals surface area (Å²) in [4.78, 5) is 27.1. The summed E-state index contributed by atoms with van der Waals surface area (Å²) in [5, 5.41) is 0. The maximum absolute atomic E-state index is 13.1. The van der Waals surface area contributed by atoms with Gasteiger partial charge in [-0.05, 0) is 50.1 Å². The number of esters is 1. The zero-order chi connectivity index (χ0) is 23.3. The average molecular weight is 464 g/mol. The van der Waals surface area contributed by atoms with Crippen molar-refractivity contribution in [1.82, 2.24) is 4.90 Å². The van der Waals surface area contributed by atoms with E-state index in [9.17, 15) is 22.4 Å². The van der Waals surface area contributed by atoms with Crippen molar-refractivity contribution in [1.29, 1.82) is 0 Å². The molecule has 1 aliphatic heterocycles. The summed E-state index contributed by atoms with van der Waals surface area (Å²) in [6.07, 6.45) is -0.710. The number of nitrogens with zero attached hydrogens (tertiary/aromatic N) is 1. The van der Waals surface area contributed by atoms with E-state index in [-0.39, 0.29) is 35.2 Å². The third kappa shape index (κ3) is 5.85. The van der Waals surface area contributed by atoms with Gasteiger partial charge in [0.25, 0.3) is 5.91 Å². The van der Waals surface area contributed by atoms with Gasteiger partial charge in [0.15, 0.2) is 15.9 Å². The number of carbonyl (C=O) groups excluding carboxylic acids is 2. The highest BCUT2D eigenvalue weighted by atomic mass is 32.2. The number of likely N-dealkylation sites (N-methyl/N-ethyl adjacent to an activating group) is 1. The predicted molar refractivity (Wildman–Crippen MR) is 116 cm³/mol. The first-order chi connectivity index (χ1) is 15.2. The molecule has 1 amide bonds. The highest BCUT2D eigenvalue weighted by molar-refractivity contribution is 7.91. The molecule has 0 aliphatic carbocycles. The third-order valence-electron chi connectivity index (χ3n) is 5.32. The van der Waals surface area contributed by atoms with E-state index in [1.165, 1.54) is 30.0 Å². The number of amides is 1. The Balaban J connectivity index is 1.65. The minimum atomic E-state index is -3.15. The molecule has 1 saturated heterocycles. The molecule has 7 nitrogen and oxygen atoms in total. The molecule has 0 N–H and O–H groups in total. The Morgan fingerprint density at radius 2 is 1.84 bits per heavy atom. The minimum absolute atomic E-state index is 0.0500. The quantitative estimate of drug-likeness (QED) is 0.559. The van der Waals surface area contributed by atoms with Crippen LogP contribution in [0, 0.1) is 5.82 Å². The topological polar surface area (TPSA) is 90.0 Å². The Morgan fingerprint density at radius 1 is 1.16 bits per heavy atom. The largest absolute Gasteiger partial charge is 0.488 e. The van der Waals surface area contributed by atoms with Crippen LogP contribution in [0.25, 0.3) is 0 Å². The van der Waals surface area contributed by atoms with E-state index >= 15 is 0 Å². The molecule has 2 unspecified atom stereocenters. The van der Waals surface area contributed by atoms with Crippen LogP contribution in [0.2, 0.25) is 0 Å². The first kappa shape index (κ1) is 23.7. The van der Waals surface area contributed by atoms with E-state index in [0.717, 1.165) is 5.56 Å². The van der Waals surface area contributed by atoms with Gasteiger partial charge in [-0.2, -0.15) is 0 Å². The molecule has 1 heterocycles. The summed E-state index contributed by atoms with van der Waals surface area (Å²) in [6.45, 7) is 3.67. The molecule has 2 aromatic carbocycles. The van der Waals surface area contributed by atoms with Crippen LogP contribution in [0.1, 0.15) is 36.2 Å². The molecular formula is C23H26FNO6S. The van der Waals surface area contributed by atoms with E-state index < -0.39 is 33.9 Å². The Kier molecular flexibility index (Phi) is 7.50. The maximum Gasteiger partial charge on any atom is 0.342 e. The van der Waals surface area contributed by atoms with Gasteiger partial charge in [-0.15, -0.1) is 0 Å². The number of hydrogen-bond acceptors (Lipinski definition) is 6. The third-order valence-corrected chi connectivity index (χ3v) is 7.07. The first-order valence-corrected chi connectivity index (χ1v) is 12.2. The van der Waals surface area contributed by atoms with Crippen molar-refractivity contribution in [2.75, 3.05) is 18.1 Å². The Hall–Kier alpha value is -2.94. The zero-order valence-corrected chi connectivity index (χ0v) is 18.8. The second kappa shape index (κ2) is 10.1. The molecule has 0 radical (unpaired) electrons. The number of halogens is 1. The first-order valence-electron chi connectivity index (χ1n) is 10.4. The fourth-order valence-electron chi connectivity index (χ4n) is 3.63. The van der Waals surface area contributed by atoms with Crippen LogP contribution >= 0.6 is 0 Å². The van der Waals surface area contributed by atoms with Crippen molar-refractivity contribution in [3.63, 3.8) is 0 Å². The number of para-hydroxylation sites is 1.